The van der Waals surface area contributed by atoms with E-state index in [1.807, 2.05) is 17.0 Å². The van der Waals surface area contributed by atoms with E-state index >= 15 is 0 Å². The molecule has 1 atom stereocenters. The van der Waals surface area contributed by atoms with Crippen LogP contribution in [0.15, 0.2) is 22.7 Å². The Morgan fingerprint density at radius 1 is 1.38 bits per heavy atom. The number of aromatic nitrogens is 1. The number of para-hydroxylation sites is 1. The molecule has 21 heavy (non-hydrogen) atoms. The summed E-state index contributed by atoms with van der Waals surface area (Å²) in [5, 5.41) is 1.22. The highest BCUT2D eigenvalue weighted by molar-refractivity contribution is 9.10. The molecule has 0 bridgehead atoms. The average Bonchev–Trinajstić information content (AvgIpc) is 3.14. The Kier molecular flexibility index (Phi) is 3.24. The van der Waals surface area contributed by atoms with Gasteiger partial charge in [-0.05, 0) is 28.4 Å². The van der Waals surface area contributed by atoms with Crippen molar-refractivity contribution in [3.8, 4) is 0 Å². The van der Waals surface area contributed by atoms with Crippen molar-refractivity contribution in [2.45, 2.75) is 25.4 Å². The SMILES string of the molecule is O=C(C1CCNN1)N1CCc2[nH]c3c(Br)cccc3c2C1. The van der Waals surface area contributed by atoms with Crippen LogP contribution in [0, 0.1) is 0 Å². The number of hydrogen-bond acceptors (Lipinski definition) is 3. The average molecular weight is 349 g/mol. The van der Waals surface area contributed by atoms with Crippen molar-refractivity contribution in [1.29, 1.82) is 0 Å². The minimum atomic E-state index is -0.0801. The van der Waals surface area contributed by atoms with Crippen molar-refractivity contribution >= 4 is 32.7 Å². The summed E-state index contributed by atoms with van der Waals surface area (Å²) in [6.45, 7) is 2.34. The lowest BCUT2D eigenvalue weighted by molar-refractivity contribution is -0.134. The van der Waals surface area contributed by atoms with Gasteiger partial charge in [0.15, 0.2) is 0 Å². The number of hydrogen-bond donors (Lipinski definition) is 3. The van der Waals surface area contributed by atoms with E-state index in [9.17, 15) is 4.79 Å². The first kappa shape index (κ1) is 13.3. The van der Waals surface area contributed by atoms with E-state index in [4.69, 9.17) is 0 Å². The fraction of sp³-hybridized carbons (Fsp3) is 0.400. The topological polar surface area (TPSA) is 60.2 Å². The molecule has 0 saturated carbocycles. The zero-order valence-electron chi connectivity index (χ0n) is 11.6. The Morgan fingerprint density at radius 2 is 2.29 bits per heavy atom. The summed E-state index contributed by atoms with van der Waals surface area (Å²) in [5.41, 5.74) is 9.75. The summed E-state index contributed by atoms with van der Waals surface area (Å²) in [4.78, 5) is 18.0. The Bertz CT molecular complexity index is 705. The van der Waals surface area contributed by atoms with E-state index in [0.29, 0.717) is 6.54 Å². The summed E-state index contributed by atoms with van der Waals surface area (Å²) in [7, 11) is 0. The summed E-state index contributed by atoms with van der Waals surface area (Å²) in [5.74, 6) is 0.204. The van der Waals surface area contributed by atoms with Crippen LogP contribution >= 0.6 is 15.9 Å². The van der Waals surface area contributed by atoms with Crippen molar-refractivity contribution in [3.63, 3.8) is 0 Å². The Morgan fingerprint density at radius 3 is 3.10 bits per heavy atom. The molecule has 3 N–H and O–H groups in total. The zero-order chi connectivity index (χ0) is 14.4. The third kappa shape index (κ3) is 2.18. The highest BCUT2D eigenvalue weighted by Crippen LogP contribution is 2.32. The van der Waals surface area contributed by atoms with Crippen LogP contribution in [0.25, 0.3) is 10.9 Å². The van der Waals surface area contributed by atoms with Crippen LogP contribution in [-0.2, 0) is 17.8 Å². The van der Waals surface area contributed by atoms with E-state index in [-0.39, 0.29) is 11.9 Å². The second-order valence-electron chi connectivity index (χ2n) is 5.67. The number of carbonyl (C=O) groups is 1. The number of benzene rings is 1. The van der Waals surface area contributed by atoms with Crippen LogP contribution in [-0.4, -0.2) is 34.9 Å². The van der Waals surface area contributed by atoms with Crippen LogP contribution in [0.3, 0.4) is 0 Å². The van der Waals surface area contributed by atoms with Gasteiger partial charge in [0.1, 0.15) is 6.04 Å². The van der Waals surface area contributed by atoms with E-state index in [0.717, 1.165) is 35.9 Å². The minimum absolute atomic E-state index is 0.0801. The molecule has 110 valence electrons. The van der Waals surface area contributed by atoms with Crippen molar-refractivity contribution in [3.05, 3.63) is 33.9 Å². The highest BCUT2D eigenvalue weighted by atomic mass is 79.9. The Labute approximate surface area is 131 Å². The number of amides is 1. The van der Waals surface area contributed by atoms with Gasteiger partial charge in [0, 0.05) is 47.2 Å². The molecular formula is C15H17BrN4O. The first-order valence-corrected chi connectivity index (χ1v) is 8.08. The standard InChI is InChI=1S/C15H17BrN4O/c16-11-3-1-2-9-10-8-20(7-5-12(10)18-14(9)11)15(21)13-4-6-17-19-13/h1-3,13,17-19H,4-8H2. The summed E-state index contributed by atoms with van der Waals surface area (Å²) in [6.07, 6.45) is 1.75. The molecule has 1 aromatic heterocycles. The molecule has 6 heteroatoms. The second kappa shape index (κ2) is 5.12. The molecule has 2 aromatic rings. The Balaban J connectivity index is 1.66. The number of nitrogens with zero attached hydrogens (tertiary/aromatic N) is 1. The maximum Gasteiger partial charge on any atom is 0.241 e. The number of aromatic amines is 1. The van der Waals surface area contributed by atoms with Crippen molar-refractivity contribution in [1.82, 2.24) is 20.7 Å². The molecule has 0 radical (unpaired) electrons. The smallest absolute Gasteiger partial charge is 0.241 e. The van der Waals surface area contributed by atoms with Crippen molar-refractivity contribution < 1.29 is 4.79 Å². The second-order valence-corrected chi connectivity index (χ2v) is 6.52. The Hall–Kier alpha value is -1.37. The molecule has 3 heterocycles. The van der Waals surface area contributed by atoms with Gasteiger partial charge in [-0.15, -0.1) is 0 Å². The van der Waals surface area contributed by atoms with Gasteiger partial charge in [0.25, 0.3) is 0 Å². The summed E-state index contributed by atoms with van der Waals surface area (Å²) in [6, 6.07) is 6.13. The predicted octanol–water partition coefficient (Wildman–Crippen LogP) is 1.68. The monoisotopic (exact) mass is 348 g/mol. The van der Waals surface area contributed by atoms with Gasteiger partial charge in [0.2, 0.25) is 5.91 Å². The van der Waals surface area contributed by atoms with Gasteiger partial charge < -0.3 is 9.88 Å². The fourth-order valence-corrected chi connectivity index (χ4v) is 3.75. The minimum Gasteiger partial charge on any atom is -0.357 e. The van der Waals surface area contributed by atoms with Gasteiger partial charge in [-0.25, -0.2) is 5.43 Å². The van der Waals surface area contributed by atoms with Crippen LogP contribution in [0.1, 0.15) is 17.7 Å². The summed E-state index contributed by atoms with van der Waals surface area (Å²) >= 11 is 3.59. The maximum absolute atomic E-state index is 12.5. The number of halogens is 1. The van der Waals surface area contributed by atoms with Crippen molar-refractivity contribution in [2.75, 3.05) is 13.1 Å². The molecular weight excluding hydrogens is 332 g/mol. The largest absolute Gasteiger partial charge is 0.357 e. The maximum atomic E-state index is 12.5. The third-order valence-electron chi connectivity index (χ3n) is 4.40. The lowest BCUT2D eigenvalue weighted by Gasteiger charge is -2.29. The summed E-state index contributed by atoms with van der Waals surface area (Å²) < 4.78 is 1.08. The number of carbonyl (C=O) groups excluding carboxylic acids is 1. The number of hydrazine groups is 1. The van der Waals surface area contributed by atoms with Crippen LogP contribution in [0.5, 0.6) is 0 Å². The van der Waals surface area contributed by atoms with E-state index in [2.05, 4.69) is 37.8 Å². The van der Waals surface area contributed by atoms with Crippen LogP contribution in [0.2, 0.25) is 0 Å². The van der Waals surface area contributed by atoms with Crippen LogP contribution < -0.4 is 10.9 Å². The molecule has 2 aliphatic heterocycles. The fourth-order valence-electron chi connectivity index (χ4n) is 3.28. The van der Waals surface area contributed by atoms with Gasteiger partial charge in [0.05, 0.1) is 5.52 Å². The zero-order valence-corrected chi connectivity index (χ0v) is 13.2. The van der Waals surface area contributed by atoms with E-state index < -0.39 is 0 Å². The lowest BCUT2D eigenvalue weighted by Crippen LogP contribution is -2.47. The van der Waals surface area contributed by atoms with Gasteiger partial charge in [-0.1, -0.05) is 12.1 Å². The van der Waals surface area contributed by atoms with Gasteiger partial charge >= 0.3 is 0 Å². The first-order chi connectivity index (χ1) is 10.2. The molecule has 1 aromatic carbocycles. The number of nitrogens with one attached hydrogen (secondary N) is 3. The number of H-pyrrole nitrogens is 1. The highest BCUT2D eigenvalue weighted by Gasteiger charge is 2.30. The quantitative estimate of drug-likeness (QED) is 0.734. The first-order valence-electron chi connectivity index (χ1n) is 7.29. The molecule has 5 nitrogen and oxygen atoms in total. The molecule has 1 unspecified atom stereocenters. The lowest BCUT2D eigenvalue weighted by atomic mass is 10.0. The molecule has 0 aliphatic carbocycles. The van der Waals surface area contributed by atoms with E-state index in [1.54, 1.807) is 0 Å². The third-order valence-corrected chi connectivity index (χ3v) is 5.06. The number of fused-ring (bicyclic) bond motifs is 3. The van der Waals surface area contributed by atoms with Gasteiger partial charge in [-0.3, -0.25) is 10.2 Å². The molecule has 1 amide bonds. The molecule has 1 saturated heterocycles. The number of rotatable bonds is 1. The molecule has 0 spiro atoms. The normalized spacial score (nSPS) is 21.8. The molecule has 1 fully saturated rings. The van der Waals surface area contributed by atoms with Crippen molar-refractivity contribution in [2.24, 2.45) is 0 Å². The van der Waals surface area contributed by atoms with Crippen LogP contribution in [0.4, 0.5) is 0 Å². The predicted molar refractivity (Wildman–Crippen MR) is 84.7 cm³/mol. The molecule has 4 rings (SSSR count). The molecule has 2 aliphatic rings. The van der Waals surface area contributed by atoms with Gasteiger partial charge in [-0.2, -0.15) is 0 Å². The van der Waals surface area contributed by atoms with E-state index in [1.165, 1.54) is 16.6 Å².